The van der Waals surface area contributed by atoms with Crippen LogP contribution in [-0.4, -0.2) is 39.7 Å². The van der Waals surface area contributed by atoms with Gasteiger partial charge < -0.3 is 10.2 Å². The Morgan fingerprint density at radius 3 is 2.33 bits per heavy atom. The number of halogens is 1. The van der Waals surface area contributed by atoms with Crippen molar-refractivity contribution >= 4 is 44.6 Å². The highest BCUT2D eigenvalue weighted by Crippen LogP contribution is 2.29. The first-order valence-electron chi connectivity index (χ1n) is 10.1. The fourth-order valence-electron chi connectivity index (χ4n) is 3.76. The quantitative estimate of drug-likeness (QED) is 0.708. The second kappa shape index (κ2) is 9.27. The number of carbonyl (C=O) groups is 1. The molecule has 1 aliphatic heterocycles. The predicted molar refractivity (Wildman–Crippen MR) is 124 cm³/mol. The lowest BCUT2D eigenvalue weighted by molar-refractivity contribution is -0.116. The molecule has 1 heterocycles. The van der Waals surface area contributed by atoms with Gasteiger partial charge in [0.1, 0.15) is 6.04 Å². The number of benzene rings is 2. The van der Waals surface area contributed by atoms with Gasteiger partial charge in [-0.25, -0.2) is 8.42 Å². The highest BCUT2D eigenvalue weighted by molar-refractivity contribution is 7.92. The molecule has 0 bridgehead atoms. The first-order chi connectivity index (χ1) is 14.2. The second-order valence-corrected chi connectivity index (χ2v) is 10.0. The molecular formula is C22H28ClN3O3S. The average molecular weight is 450 g/mol. The van der Waals surface area contributed by atoms with E-state index in [0.717, 1.165) is 34.9 Å². The van der Waals surface area contributed by atoms with Crippen molar-refractivity contribution in [3.63, 3.8) is 0 Å². The Bertz CT molecular complexity index is 1000. The van der Waals surface area contributed by atoms with E-state index in [4.69, 9.17) is 11.6 Å². The molecule has 162 valence electrons. The van der Waals surface area contributed by atoms with Crippen molar-refractivity contribution in [3.05, 3.63) is 53.1 Å². The molecular weight excluding hydrogens is 422 g/mol. The summed E-state index contributed by atoms with van der Waals surface area (Å²) in [5.41, 5.74) is 2.88. The van der Waals surface area contributed by atoms with E-state index in [0.29, 0.717) is 16.4 Å². The molecule has 0 aliphatic carbocycles. The molecule has 3 rings (SSSR count). The zero-order chi connectivity index (χ0) is 21.9. The van der Waals surface area contributed by atoms with E-state index < -0.39 is 22.0 Å². The molecule has 1 saturated heterocycles. The minimum absolute atomic E-state index is 0.396. The minimum atomic E-state index is -3.71. The van der Waals surface area contributed by atoms with Crippen LogP contribution in [0, 0.1) is 6.92 Å². The molecule has 0 aromatic heterocycles. The standard InChI is InChI=1S/C22H28ClN3O3S/c1-16-7-8-18(23)15-21(16)26(30(3,28)29)17(2)22(27)24-19-9-11-20(12-10-19)25-13-5-4-6-14-25/h7-12,15,17H,4-6,13-14H2,1-3H3,(H,24,27). The number of piperidine rings is 1. The van der Waals surface area contributed by atoms with Crippen molar-refractivity contribution in [2.24, 2.45) is 0 Å². The Labute approximate surface area is 183 Å². The van der Waals surface area contributed by atoms with E-state index in [-0.39, 0.29) is 0 Å². The van der Waals surface area contributed by atoms with Crippen LogP contribution in [0.3, 0.4) is 0 Å². The molecule has 2 aromatic rings. The third-order valence-electron chi connectivity index (χ3n) is 5.35. The zero-order valence-electron chi connectivity index (χ0n) is 17.6. The maximum absolute atomic E-state index is 12.9. The van der Waals surface area contributed by atoms with Gasteiger partial charge in [-0.3, -0.25) is 9.10 Å². The zero-order valence-corrected chi connectivity index (χ0v) is 19.1. The van der Waals surface area contributed by atoms with Crippen LogP contribution in [0.15, 0.2) is 42.5 Å². The van der Waals surface area contributed by atoms with Crippen LogP contribution in [0.25, 0.3) is 0 Å². The molecule has 1 N–H and O–H groups in total. The van der Waals surface area contributed by atoms with E-state index in [2.05, 4.69) is 10.2 Å². The lowest BCUT2D eigenvalue weighted by Gasteiger charge is -2.30. The Kier molecular flexibility index (Phi) is 6.93. The first kappa shape index (κ1) is 22.4. The maximum Gasteiger partial charge on any atom is 0.247 e. The molecule has 30 heavy (non-hydrogen) atoms. The smallest absolute Gasteiger partial charge is 0.247 e. The predicted octanol–water partition coefficient (Wildman–Crippen LogP) is 4.43. The number of sulfonamides is 1. The molecule has 1 fully saturated rings. The van der Waals surface area contributed by atoms with Crippen LogP contribution in [0.1, 0.15) is 31.7 Å². The van der Waals surface area contributed by atoms with Gasteiger partial charge in [0.15, 0.2) is 0 Å². The second-order valence-electron chi connectivity index (χ2n) is 7.75. The van der Waals surface area contributed by atoms with E-state index in [1.54, 1.807) is 32.0 Å². The van der Waals surface area contributed by atoms with Crippen molar-refractivity contribution in [2.75, 3.05) is 33.9 Å². The van der Waals surface area contributed by atoms with E-state index >= 15 is 0 Å². The van der Waals surface area contributed by atoms with Gasteiger partial charge in [-0.15, -0.1) is 0 Å². The van der Waals surface area contributed by atoms with E-state index in [9.17, 15) is 13.2 Å². The van der Waals surface area contributed by atoms with Gasteiger partial charge in [-0.05, 0) is 75.1 Å². The molecule has 6 nitrogen and oxygen atoms in total. The number of aryl methyl sites for hydroxylation is 1. The molecule has 1 amide bonds. The number of rotatable bonds is 6. The number of amides is 1. The van der Waals surface area contributed by atoms with Crippen LogP contribution in [-0.2, 0) is 14.8 Å². The van der Waals surface area contributed by atoms with Crippen LogP contribution in [0.4, 0.5) is 17.1 Å². The number of carbonyl (C=O) groups excluding carboxylic acids is 1. The van der Waals surface area contributed by atoms with Crippen LogP contribution in [0.5, 0.6) is 0 Å². The number of anilines is 3. The molecule has 1 aliphatic rings. The van der Waals surface area contributed by atoms with Gasteiger partial charge >= 0.3 is 0 Å². The van der Waals surface area contributed by atoms with Crippen LogP contribution >= 0.6 is 11.6 Å². The lowest BCUT2D eigenvalue weighted by atomic mass is 10.1. The highest BCUT2D eigenvalue weighted by Gasteiger charge is 2.30. The number of nitrogens with zero attached hydrogens (tertiary/aromatic N) is 2. The summed E-state index contributed by atoms with van der Waals surface area (Å²) in [6, 6.07) is 11.7. The SMILES string of the molecule is Cc1ccc(Cl)cc1N(C(C)C(=O)Nc1ccc(N2CCCCC2)cc1)S(C)(=O)=O. The maximum atomic E-state index is 12.9. The largest absolute Gasteiger partial charge is 0.372 e. The van der Waals surface area contributed by atoms with Crippen molar-refractivity contribution in [1.82, 2.24) is 0 Å². The average Bonchev–Trinajstić information content (AvgIpc) is 2.71. The van der Waals surface area contributed by atoms with Gasteiger partial charge in [0, 0.05) is 29.5 Å². The Hall–Kier alpha value is -2.25. The van der Waals surface area contributed by atoms with E-state index in [1.165, 1.54) is 19.3 Å². The fraction of sp³-hybridized carbons (Fsp3) is 0.409. The number of nitrogens with one attached hydrogen (secondary N) is 1. The van der Waals surface area contributed by atoms with Gasteiger partial charge in [0.2, 0.25) is 15.9 Å². The van der Waals surface area contributed by atoms with Crippen molar-refractivity contribution < 1.29 is 13.2 Å². The molecule has 0 radical (unpaired) electrons. The summed E-state index contributed by atoms with van der Waals surface area (Å²) in [5, 5.41) is 3.24. The summed E-state index contributed by atoms with van der Waals surface area (Å²) in [4.78, 5) is 15.2. The lowest BCUT2D eigenvalue weighted by Crippen LogP contribution is -2.45. The van der Waals surface area contributed by atoms with Crippen molar-refractivity contribution in [1.29, 1.82) is 0 Å². The van der Waals surface area contributed by atoms with Crippen molar-refractivity contribution in [3.8, 4) is 0 Å². The Morgan fingerprint density at radius 2 is 1.73 bits per heavy atom. The van der Waals surface area contributed by atoms with Crippen molar-refractivity contribution in [2.45, 2.75) is 39.2 Å². The summed E-state index contributed by atoms with van der Waals surface area (Å²) in [7, 11) is -3.71. The monoisotopic (exact) mass is 449 g/mol. The van der Waals surface area contributed by atoms with Gasteiger partial charge in [0.25, 0.3) is 0 Å². The Balaban J connectivity index is 1.78. The highest BCUT2D eigenvalue weighted by atomic mass is 35.5. The number of hydrogen-bond donors (Lipinski definition) is 1. The summed E-state index contributed by atoms with van der Waals surface area (Å²) in [6.07, 6.45) is 4.75. The third kappa shape index (κ3) is 5.26. The molecule has 1 unspecified atom stereocenters. The molecule has 1 atom stereocenters. The topological polar surface area (TPSA) is 69.7 Å². The number of hydrogen-bond acceptors (Lipinski definition) is 4. The minimum Gasteiger partial charge on any atom is -0.372 e. The summed E-state index contributed by atoms with van der Waals surface area (Å²) >= 11 is 6.08. The first-order valence-corrected chi connectivity index (χ1v) is 12.3. The summed E-state index contributed by atoms with van der Waals surface area (Å²) in [6.45, 7) is 5.45. The third-order valence-corrected chi connectivity index (χ3v) is 6.82. The van der Waals surface area contributed by atoms with Crippen LogP contribution < -0.4 is 14.5 Å². The normalized spacial score (nSPS) is 15.5. The molecule has 0 saturated carbocycles. The van der Waals surface area contributed by atoms with Gasteiger partial charge in [-0.1, -0.05) is 17.7 Å². The fourth-order valence-corrected chi connectivity index (χ4v) is 5.15. The van der Waals surface area contributed by atoms with E-state index in [1.807, 2.05) is 24.3 Å². The molecule has 2 aromatic carbocycles. The summed E-state index contributed by atoms with van der Waals surface area (Å²) < 4.78 is 26.1. The molecule has 8 heteroatoms. The molecule has 0 spiro atoms. The van der Waals surface area contributed by atoms with Gasteiger partial charge in [-0.2, -0.15) is 0 Å². The van der Waals surface area contributed by atoms with Gasteiger partial charge in [0.05, 0.1) is 11.9 Å². The Morgan fingerprint density at radius 1 is 1.10 bits per heavy atom. The van der Waals surface area contributed by atoms with Crippen LogP contribution in [0.2, 0.25) is 5.02 Å². The summed E-state index contributed by atoms with van der Waals surface area (Å²) in [5.74, 6) is -0.412.